The van der Waals surface area contributed by atoms with Crippen LogP contribution in [0, 0.1) is 12.8 Å². The third kappa shape index (κ3) is 5.55. The van der Waals surface area contributed by atoms with Crippen LogP contribution in [0.15, 0.2) is 54.7 Å². The van der Waals surface area contributed by atoms with Crippen LogP contribution in [0.25, 0.3) is 11.0 Å². The minimum atomic E-state index is -0.150. The summed E-state index contributed by atoms with van der Waals surface area (Å²) in [6, 6.07) is 16.0. The van der Waals surface area contributed by atoms with E-state index < -0.39 is 0 Å². The molecular weight excluding hydrogens is 492 g/mol. The lowest BCUT2D eigenvalue weighted by Gasteiger charge is -2.41. The van der Waals surface area contributed by atoms with Gasteiger partial charge in [-0.15, -0.1) is 0 Å². The smallest absolute Gasteiger partial charge is 0.243 e. The molecule has 9 nitrogen and oxygen atoms in total. The molecule has 4 aromatic rings. The number of carbonyl (C=O) groups excluding carboxylic acids is 1. The predicted molar refractivity (Wildman–Crippen MR) is 149 cm³/mol. The van der Waals surface area contributed by atoms with E-state index in [1.807, 2.05) is 46.9 Å². The molecule has 2 aromatic carbocycles. The van der Waals surface area contributed by atoms with Crippen molar-refractivity contribution in [3.63, 3.8) is 0 Å². The molecule has 0 aliphatic carbocycles. The largest absolute Gasteiger partial charge is 0.497 e. The number of aromatic nitrogens is 4. The van der Waals surface area contributed by atoms with Crippen molar-refractivity contribution < 1.29 is 14.3 Å². The molecule has 9 heteroatoms. The van der Waals surface area contributed by atoms with Gasteiger partial charge in [0.15, 0.2) is 0 Å². The number of carbonyl (C=O) groups is 1. The Morgan fingerprint density at radius 3 is 2.85 bits per heavy atom. The van der Waals surface area contributed by atoms with Gasteiger partial charge in [0.25, 0.3) is 0 Å². The molecule has 39 heavy (non-hydrogen) atoms. The van der Waals surface area contributed by atoms with Gasteiger partial charge in [0, 0.05) is 57.2 Å². The zero-order chi connectivity index (χ0) is 26.8. The average molecular weight is 529 g/mol. The van der Waals surface area contributed by atoms with E-state index in [1.165, 1.54) is 5.56 Å². The molecule has 1 N–H and O–H groups in total. The number of benzene rings is 2. The Labute approximate surface area is 228 Å². The highest BCUT2D eigenvalue weighted by molar-refractivity contribution is 5.82. The Morgan fingerprint density at radius 2 is 2.05 bits per heavy atom. The van der Waals surface area contributed by atoms with Crippen molar-refractivity contribution in [2.75, 3.05) is 46.5 Å². The summed E-state index contributed by atoms with van der Waals surface area (Å²) >= 11 is 0. The van der Waals surface area contributed by atoms with E-state index in [0.717, 1.165) is 79.8 Å². The summed E-state index contributed by atoms with van der Waals surface area (Å²) in [5, 5.41) is 0. The standard InChI is InChI=1S/C30H36N6O3/c1-21-32-26-9-8-25(38-2)15-27(26)36(21)19-29(37)35-12-11-34(17-23-10-13-39-20-23)18-28(35)30-31-16-24(33-30)14-22-6-4-3-5-7-22/h3-9,15-16,23,28H,10-14,17-20H2,1-2H3,(H,31,33)/t23?,28-/m0/s1. The van der Waals surface area contributed by atoms with Gasteiger partial charge in [-0.2, -0.15) is 0 Å². The lowest BCUT2D eigenvalue weighted by molar-refractivity contribution is -0.137. The minimum Gasteiger partial charge on any atom is -0.497 e. The van der Waals surface area contributed by atoms with Crippen LogP contribution in [0.3, 0.4) is 0 Å². The highest BCUT2D eigenvalue weighted by atomic mass is 16.5. The molecule has 2 fully saturated rings. The lowest BCUT2D eigenvalue weighted by Crippen LogP contribution is -2.52. The van der Waals surface area contributed by atoms with Crippen LogP contribution < -0.4 is 4.74 Å². The van der Waals surface area contributed by atoms with Gasteiger partial charge in [0.2, 0.25) is 5.91 Å². The highest BCUT2D eigenvalue weighted by Gasteiger charge is 2.35. The topological polar surface area (TPSA) is 88.5 Å². The number of imidazole rings is 2. The Morgan fingerprint density at radius 1 is 1.18 bits per heavy atom. The maximum absolute atomic E-state index is 13.9. The summed E-state index contributed by atoms with van der Waals surface area (Å²) in [6.45, 7) is 7.06. The van der Waals surface area contributed by atoms with E-state index in [-0.39, 0.29) is 18.5 Å². The van der Waals surface area contributed by atoms with E-state index in [1.54, 1.807) is 7.11 Å². The number of aryl methyl sites for hydroxylation is 1. The summed E-state index contributed by atoms with van der Waals surface area (Å²) in [6.07, 6.45) is 3.79. The Balaban J connectivity index is 1.25. The number of amides is 1. The molecule has 0 bridgehead atoms. The molecule has 2 atom stereocenters. The van der Waals surface area contributed by atoms with Crippen molar-refractivity contribution in [1.29, 1.82) is 0 Å². The SMILES string of the molecule is COc1ccc2nc(C)n(CC(=O)N3CCN(CC4CCOC4)C[C@H]3c3ncc(Cc4ccccc4)[nH]3)c2c1. The maximum Gasteiger partial charge on any atom is 0.243 e. The molecule has 2 aliphatic heterocycles. The van der Waals surface area contributed by atoms with Gasteiger partial charge in [-0.3, -0.25) is 9.69 Å². The Hall–Kier alpha value is -3.69. The Kier molecular flexibility index (Phi) is 7.34. The van der Waals surface area contributed by atoms with Crippen LogP contribution in [-0.2, 0) is 22.5 Å². The third-order valence-electron chi connectivity index (χ3n) is 7.97. The van der Waals surface area contributed by atoms with Gasteiger partial charge in [-0.25, -0.2) is 9.97 Å². The van der Waals surface area contributed by atoms with Crippen LogP contribution >= 0.6 is 0 Å². The molecule has 0 radical (unpaired) electrons. The number of fused-ring (bicyclic) bond motifs is 1. The van der Waals surface area contributed by atoms with Gasteiger partial charge in [-0.05, 0) is 37.0 Å². The summed E-state index contributed by atoms with van der Waals surface area (Å²) in [4.78, 5) is 31.4. The van der Waals surface area contributed by atoms with Crippen LogP contribution in [0.1, 0.15) is 35.4 Å². The molecule has 1 amide bonds. The second-order valence-corrected chi connectivity index (χ2v) is 10.6. The first-order chi connectivity index (χ1) is 19.1. The van der Waals surface area contributed by atoms with E-state index in [2.05, 4.69) is 39.1 Å². The summed E-state index contributed by atoms with van der Waals surface area (Å²) in [5.41, 5.74) is 4.04. The highest BCUT2D eigenvalue weighted by Crippen LogP contribution is 2.28. The molecule has 6 rings (SSSR count). The van der Waals surface area contributed by atoms with Gasteiger partial charge < -0.3 is 23.9 Å². The second-order valence-electron chi connectivity index (χ2n) is 10.6. The number of aromatic amines is 1. The van der Waals surface area contributed by atoms with E-state index in [0.29, 0.717) is 12.5 Å². The quantitative estimate of drug-likeness (QED) is 0.376. The first-order valence-electron chi connectivity index (χ1n) is 13.8. The minimum absolute atomic E-state index is 0.0649. The van der Waals surface area contributed by atoms with Crippen LogP contribution in [0.2, 0.25) is 0 Å². The molecule has 2 saturated heterocycles. The number of methoxy groups -OCH3 is 1. The number of ether oxygens (including phenoxy) is 2. The lowest BCUT2D eigenvalue weighted by atomic mass is 10.1. The normalized spacial score (nSPS) is 20.1. The second kappa shape index (κ2) is 11.2. The molecule has 0 saturated carbocycles. The molecule has 0 spiro atoms. The van der Waals surface area contributed by atoms with Crippen molar-refractivity contribution >= 4 is 16.9 Å². The fourth-order valence-corrected chi connectivity index (χ4v) is 5.86. The van der Waals surface area contributed by atoms with Crippen molar-refractivity contribution in [2.24, 2.45) is 5.92 Å². The fraction of sp³-hybridized carbons (Fsp3) is 0.433. The number of rotatable bonds is 8. The van der Waals surface area contributed by atoms with Gasteiger partial charge >= 0.3 is 0 Å². The molecular formula is C30H36N6O3. The van der Waals surface area contributed by atoms with Gasteiger partial charge in [0.1, 0.15) is 30.0 Å². The number of nitrogens with zero attached hydrogens (tertiary/aromatic N) is 5. The molecule has 1 unspecified atom stereocenters. The number of H-pyrrole nitrogens is 1. The fourth-order valence-electron chi connectivity index (χ4n) is 5.86. The van der Waals surface area contributed by atoms with Crippen LogP contribution in [0.5, 0.6) is 5.75 Å². The summed E-state index contributed by atoms with van der Waals surface area (Å²) in [5.74, 6) is 3.02. The Bertz CT molecular complexity index is 1430. The maximum atomic E-state index is 13.9. The predicted octanol–water partition coefficient (Wildman–Crippen LogP) is 3.59. The summed E-state index contributed by atoms with van der Waals surface area (Å²) < 4.78 is 13.0. The van der Waals surface area contributed by atoms with Crippen LogP contribution in [0.4, 0.5) is 0 Å². The van der Waals surface area contributed by atoms with Crippen molar-refractivity contribution in [1.82, 2.24) is 29.3 Å². The third-order valence-corrected chi connectivity index (χ3v) is 7.97. The first-order valence-corrected chi connectivity index (χ1v) is 13.8. The van der Waals surface area contributed by atoms with E-state index in [9.17, 15) is 4.79 Å². The monoisotopic (exact) mass is 528 g/mol. The first kappa shape index (κ1) is 25.6. The molecule has 2 aromatic heterocycles. The van der Waals surface area contributed by atoms with Gasteiger partial charge in [0.05, 0.1) is 24.8 Å². The van der Waals surface area contributed by atoms with Crippen molar-refractivity contribution in [2.45, 2.75) is 32.4 Å². The molecule has 2 aliphatic rings. The number of nitrogens with one attached hydrogen (secondary N) is 1. The molecule has 4 heterocycles. The van der Waals surface area contributed by atoms with E-state index >= 15 is 0 Å². The van der Waals surface area contributed by atoms with Gasteiger partial charge in [-0.1, -0.05) is 30.3 Å². The van der Waals surface area contributed by atoms with Crippen molar-refractivity contribution in [3.05, 3.63) is 77.6 Å². The van der Waals surface area contributed by atoms with Crippen molar-refractivity contribution in [3.8, 4) is 5.75 Å². The zero-order valence-electron chi connectivity index (χ0n) is 22.7. The number of piperazine rings is 1. The summed E-state index contributed by atoms with van der Waals surface area (Å²) in [7, 11) is 1.65. The van der Waals surface area contributed by atoms with Crippen LogP contribution in [-0.4, -0.2) is 81.7 Å². The average Bonchev–Trinajstić information content (AvgIpc) is 3.70. The van der Waals surface area contributed by atoms with E-state index in [4.69, 9.17) is 14.5 Å². The number of hydrogen-bond donors (Lipinski definition) is 1. The molecule has 204 valence electrons. The number of hydrogen-bond acceptors (Lipinski definition) is 6. The zero-order valence-corrected chi connectivity index (χ0v) is 22.7.